The van der Waals surface area contributed by atoms with Gasteiger partial charge in [0.2, 0.25) is 5.95 Å². The molecule has 0 amide bonds. The summed E-state index contributed by atoms with van der Waals surface area (Å²) in [6, 6.07) is 0. The molecule has 0 spiro atoms. The van der Waals surface area contributed by atoms with E-state index in [1.807, 2.05) is 4.68 Å². The Morgan fingerprint density at radius 3 is 3.18 bits per heavy atom. The first-order chi connectivity index (χ1) is 8.31. The average Bonchev–Trinajstić information content (AvgIpc) is 2.91. The molecule has 2 aromatic heterocycles. The summed E-state index contributed by atoms with van der Waals surface area (Å²) in [7, 11) is 0. The summed E-state index contributed by atoms with van der Waals surface area (Å²) in [5.41, 5.74) is 0. The third kappa shape index (κ3) is 2.33. The van der Waals surface area contributed by atoms with Crippen LogP contribution in [0, 0.1) is 0 Å². The Balaban J connectivity index is 1.67. The van der Waals surface area contributed by atoms with Crippen LogP contribution in [-0.2, 0) is 19.5 Å². The molecule has 7 heteroatoms. The third-order valence-electron chi connectivity index (χ3n) is 2.78. The molecule has 0 atom stereocenters. The smallest absolute Gasteiger partial charge is 0.242 e. The number of fused-ring (bicyclic) bond motifs is 1. The number of hydrogen-bond donors (Lipinski definition) is 2. The molecule has 17 heavy (non-hydrogen) atoms. The van der Waals surface area contributed by atoms with E-state index in [1.54, 1.807) is 6.20 Å². The summed E-state index contributed by atoms with van der Waals surface area (Å²) >= 11 is 3.32. The zero-order valence-electron chi connectivity index (χ0n) is 9.28. The Labute approximate surface area is 107 Å². The second kappa shape index (κ2) is 4.48. The summed E-state index contributed by atoms with van der Waals surface area (Å²) in [6.07, 6.45) is 5.17. The van der Waals surface area contributed by atoms with Gasteiger partial charge in [-0.25, -0.2) is 9.67 Å². The van der Waals surface area contributed by atoms with Crippen molar-refractivity contribution in [1.82, 2.24) is 24.7 Å². The predicted octanol–water partition coefficient (Wildman–Crippen LogP) is 1.71. The Kier molecular flexibility index (Phi) is 2.84. The van der Waals surface area contributed by atoms with E-state index in [-0.39, 0.29) is 0 Å². The molecule has 3 heterocycles. The van der Waals surface area contributed by atoms with Gasteiger partial charge in [-0.05, 0) is 28.8 Å². The van der Waals surface area contributed by atoms with Gasteiger partial charge in [-0.3, -0.25) is 0 Å². The van der Waals surface area contributed by atoms with Gasteiger partial charge >= 0.3 is 0 Å². The van der Waals surface area contributed by atoms with E-state index in [2.05, 4.69) is 41.3 Å². The molecule has 0 saturated carbocycles. The summed E-state index contributed by atoms with van der Waals surface area (Å²) in [6.45, 7) is 1.59. The fraction of sp³-hybridized carbons (Fsp3) is 0.500. The summed E-state index contributed by atoms with van der Waals surface area (Å²) in [5.74, 6) is 2.64. The number of H-pyrrole nitrogens is 1. The van der Waals surface area contributed by atoms with E-state index in [9.17, 15) is 0 Å². The van der Waals surface area contributed by atoms with Crippen molar-refractivity contribution >= 4 is 21.9 Å². The van der Waals surface area contributed by atoms with Crippen molar-refractivity contribution in [3.63, 3.8) is 0 Å². The lowest BCUT2D eigenvalue weighted by atomic mass is 10.2. The monoisotopic (exact) mass is 296 g/mol. The third-order valence-corrected chi connectivity index (χ3v) is 3.18. The Hall–Kier alpha value is -1.37. The molecule has 0 aliphatic carbocycles. The Bertz CT molecular complexity index is 493. The van der Waals surface area contributed by atoms with E-state index in [0.29, 0.717) is 12.5 Å². The summed E-state index contributed by atoms with van der Waals surface area (Å²) in [4.78, 5) is 11.7. The van der Waals surface area contributed by atoms with E-state index in [4.69, 9.17) is 0 Å². The van der Waals surface area contributed by atoms with Crippen molar-refractivity contribution < 1.29 is 0 Å². The number of hydrogen-bond acceptors (Lipinski definition) is 4. The first kappa shape index (κ1) is 10.8. The van der Waals surface area contributed by atoms with Crippen LogP contribution >= 0.6 is 15.9 Å². The van der Waals surface area contributed by atoms with Crippen LogP contribution in [0.5, 0.6) is 0 Å². The highest BCUT2D eigenvalue weighted by atomic mass is 79.9. The second-order valence-corrected chi connectivity index (χ2v) is 4.92. The number of nitrogens with one attached hydrogen (secondary N) is 2. The van der Waals surface area contributed by atoms with Crippen LogP contribution in [0.2, 0.25) is 0 Å². The number of aromatic amines is 1. The van der Waals surface area contributed by atoms with Gasteiger partial charge < -0.3 is 10.3 Å². The van der Waals surface area contributed by atoms with E-state index < -0.39 is 0 Å². The van der Waals surface area contributed by atoms with Gasteiger partial charge in [0.1, 0.15) is 16.3 Å². The van der Waals surface area contributed by atoms with Crippen LogP contribution in [0.25, 0.3) is 0 Å². The molecule has 3 rings (SSSR count). The van der Waals surface area contributed by atoms with Crippen LogP contribution < -0.4 is 5.32 Å². The number of imidazole rings is 1. The lowest BCUT2D eigenvalue weighted by Crippen LogP contribution is -2.11. The Morgan fingerprint density at radius 2 is 2.41 bits per heavy atom. The highest BCUT2D eigenvalue weighted by molar-refractivity contribution is 9.10. The second-order valence-electron chi connectivity index (χ2n) is 4.06. The fourth-order valence-electron chi connectivity index (χ4n) is 1.95. The molecule has 6 nitrogen and oxygen atoms in total. The molecular weight excluding hydrogens is 284 g/mol. The number of anilines is 1. The number of halogens is 1. The number of aryl methyl sites for hydroxylation is 2. The molecule has 1 aliphatic heterocycles. The highest BCUT2D eigenvalue weighted by Crippen LogP contribution is 2.14. The molecule has 0 fully saturated rings. The number of aromatic nitrogens is 5. The Morgan fingerprint density at radius 1 is 1.47 bits per heavy atom. The van der Waals surface area contributed by atoms with E-state index in [0.717, 1.165) is 29.2 Å². The molecule has 0 aromatic carbocycles. The summed E-state index contributed by atoms with van der Waals surface area (Å²) in [5, 5.41) is 7.59. The van der Waals surface area contributed by atoms with E-state index >= 15 is 0 Å². The van der Waals surface area contributed by atoms with Gasteiger partial charge in [0.05, 0.1) is 12.7 Å². The molecule has 90 valence electrons. The van der Waals surface area contributed by atoms with Crippen LogP contribution in [0.4, 0.5) is 5.95 Å². The SMILES string of the molecule is Brc1cnc(CNc2nc3n(n2)CCCC3)[nH]1. The maximum Gasteiger partial charge on any atom is 0.242 e. The van der Waals surface area contributed by atoms with E-state index in [1.165, 1.54) is 12.8 Å². The minimum Gasteiger partial charge on any atom is -0.346 e. The molecule has 1 aliphatic rings. The average molecular weight is 297 g/mol. The molecule has 2 aromatic rings. The van der Waals surface area contributed by atoms with Crippen LogP contribution in [-0.4, -0.2) is 24.7 Å². The minimum absolute atomic E-state index is 0.606. The molecule has 0 unspecified atom stereocenters. The lowest BCUT2D eigenvalue weighted by Gasteiger charge is -2.09. The van der Waals surface area contributed by atoms with Gasteiger partial charge in [-0.1, -0.05) is 0 Å². The van der Waals surface area contributed by atoms with Crippen molar-refractivity contribution in [2.24, 2.45) is 0 Å². The maximum atomic E-state index is 4.46. The lowest BCUT2D eigenvalue weighted by molar-refractivity contribution is 0.480. The van der Waals surface area contributed by atoms with Gasteiger partial charge in [-0.15, -0.1) is 5.10 Å². The van der Waals surface area contributed by atoms with Gasteiger partial charge in [0.15, 0.2) is 0 Å². The largest absolute Gasteiger partial charge is 0.346 e. The molecule has 0 saturated heterocycles. The van der Waals surface area contributed by atoms with Gasteiger partial charge in [-0.2, -0.15) is 4.98 Å². The van der Waals surface area contributed by atoms with Gasteiger partial charge in [0.25, 0.3) is 0 Å². The van der Waals surface area contributed by atoms with Crippen LogP contribution in [0.3, 0.4) is 0 Å². The van der Waals surface area contributed by atoms with Crippen molar-refractivity contribution in [3.05, 3.63) is 22.4 Å². The van der Waals surface area contributed by atoms with Gasteiger partial charge in [0, 0.05) is 13.0 Å². The zero-order valence-corrected chi connectivity index (χ0v) is 10.9. The quantitative estimate of drug-likeness (QED) is 0.904. The van der Waals surface area contributed by atoms with Crippen molar-refractivity contribution in [2.45, 2.75) is 32.4 Å². The minimum atomic E-state index is 0.606. The van der Waals surface area contributed by atoms with Crippen LogP contribution in [0.15, 0.2) is 10.8 Å². The predicted molar refractivity (Wildman–Crippen MR) is 66.6 cm³/mol. The molecular formula is C10H13BrN6. The fourth-order valence-corrected chi connectivity index (χ4v) is 2.28. The zero-order chi connectivity index (χ0) is 11.7. The normalized spacial score (nSPS) is 14.6. The van der Waals surface area contributed by atoms with Crippen LogP contribution in [0.1, 0.15) is 24.5 Å². The number of nitrogens with zero attached hydrogens (tertiary/aromatic N) is 4. The highest BCUT2D eigenvalue weighted by Gasteiger charge is 2.13. The first-order valence-corrected chi connectivity index (χ1v) is 6.47. The number of rotatable bonds is 3. The topological polar surface area (TPSA) is 71.4 Å². The van der Waals surface area contributed by atoms with Crippen molar-refractivity contribution in [3.8, 4) is 0 Å². The maximum absolute atomic E-state index is 4.46. The van der Waals surface area contributed by atoms with Crippen molar-refractivity contribution in [1.29, 1.82) is 0 Å². The molecule has 0 bridgehead atoms. The first-order valence-electron chi connectivity index (χ1n) is 5.68. The summed E-state index contributed by atoms with van der Waals surface area (Å²) < 4.78 is 2.87. The molecule has 0 radical (unpaired) electrons. The van der Waals surface area contributed by atoms with Crippen molar-refractivity contribution in [2.75, 3.05) is 5.32 Å². The molecule has 2 N–H and O–H groups in total. The standard InChI is InChI=1S/C10H13BrN6/c11-7-5-12-8(14-7)6-13-10-15-9-3-1-2-4-17(9)16-10/h5H,1-4,6H2,(H,12,14)(H,13,16).